The molecule has 0 amide bonds. The van der Waals surface area contributed by atoms with Crippen molar-refractivity contribution < 1.29 is 4.43 Å². The van der Waals surface area contributed by atoms with Crippen LogP contribution in [0.4, 0.5) is 0 Å². The molecule has 2 rings (SSSR count). The van der Waals surface area contributed by atoms with Gasteiger partial charge in [0, 0.05) is 6.10 Å². The molecule has 0 aliphatic carbocycles. The summed E-state index contributed by atoms with van der Waals surface area (Å²) in [6.45, 7) is 6.57. The van der Waals surface area contributed by atoms with Crippen LogP contribution in [-0.2, 0) is 4.43 Å². The molecule has 19 heavy (non-hydrogen) atoms. The predicted molar refractivity (Wildman–Crippen MR) is 80.9 cm³/mol. The molecule has 1 aromatic carbocycles. The summed E-state index contributed by atoms with van der Waals surface area (Å²) in [5.41, 5.74) is 1.20. The highest BCUT2D eigenvalue weighted by atomic mass is 28.4. The van der Waals surface area contributed by atoms with Crippen LogP contribution in [0.3, 0.4) is 0 Å². The molecule has 1 saturated heterocycles. The minimum Gasteiger partial charge on any atom is -0.410 e. The van der Waals surface area contributed by atoms with E-state index >= 15 is 0 Å². The summed E-state index contributed by atoms with van der Waals surface area (Å²) in [5.74, 6) is 0.00126. The van der Waals surface area contributed by atoms with Crippen molar-refractivity contribution in [2.24, 2.45) is 0 Å². The summed E-state index contributed by atoms with van der Waals surface area (Å²) < 4.78 is 6.37. The molecule has 3 unspecified atom stereocenters. The fraction of sp³-hybridized carbons (Fsp3) is 0.562. The first kappa shape index (κ1) is 14.3. The van der Waals surface area contributed by atoms with Crippen LogP contribution in [0.25, 0.3) is 0 Å². The number of nitrogens with zero attached hydrogens (tertiary/aromatic N) is 1. The molecule has 1 aromatic rings. The zero-order chi connectivity index (χ0) is 13.9. The normalized spacial score (nSPS) is 28.6. The van der Waals surface area contributed by atoms with Crippen molar-refractivity contribution in [3.8, 4) is 6.07 Å². The van der Waals surface area contributed by atoms with Crippen molar-refractivity contribution in [1.82, 2.24) is 0 Å². The molecule has 0 spiro atoms. The lowest BCUT2D eigenvalue weighted by Gasteiger charge is -2.37. The minimum absolute atomic E-state index is 0.00126. The number of benzene rings is 1. The van der Waals surface area contributed by atoms with Crippen molar-refractivity contribution in [3.63, 3.8) is 0 Å². The van der Waals surface area contributed by atoms with Gasteiger partial charge >= 0.3 is 0 Å². The maximum atomic E-state index is 9.36. The van der Waals surface area contributed by atoms with Gasteiger partial charge in [-0.25, -0.2) is 0 Å². The van der Waals surface area contributed by atoms with Gasteiger partial charge < -0.3 is 4.43 Å². The highest BCUT2D eigenvalue weighted by molar-refractivity contribution is 6.86. The largest absolute Gasteiger partial charge is 0.410 e. The van der Waals surface area contributed by atoms with E-state index in [1.807, 2.05) is 6.07 Å². The lowest BCUT2D eigenvalue weighted by Crippen LogP contribution is -2.53. The van der Waals surface area contributed by atoms with Crippen LogP contribution in [0, 0.1) is 11.3 Å². The Hall–Kier alpha value is -1.11. The van der Waals surface area contributed by atoms with Crippen LogP contribution < -0.4 is 5.19 Å². The zero-order valence-corrected chi connectivity index (χ0v) is 13.1. The number of hydrogen-bond donors (Lipinski definition) is 0. The van der Waals surface area contributed by atoms with Crippen LogP contribution in [0.2, 0.25) is 12.6 Å². The molecule has 0 N–H and O–H groups in total. The Morgan fingerprint density at radius 2 is 2.21 bits per heavy atom. The maximum Gasteiger partial charge on any atom is 0.221 e. The summed E-state index contributed by atoms with van der Waals surface area (Å²) in [7, 11) is -1.87. The molecule has 0 aromatic heterocycles. The fourth-order valence-corrected chi connectivity index (χ4v) is 6.87. The van der Waals surface area contributed by atoms with Crippen molar-refractivity contribution in [1.29, 1.82) is 5.26 Å². The van der Waals surface area contributed by atoms with E-state index in [-0.39, 0.29) is 5.92 Å². The average molecular weight is 273 g/mol. The first-order valence-corrected chi connectivity index (χ1v) is 9.89. The van der Waals surface area contributed by atoms with E-state index in [1.165, 1.54) is 29.6 Å². The second kappa shape index (κ2) is 5.90. The van der Waals surface area contributed by atoms with Gasteiger partial charge in [-0.2, -0.15) is 5.26 Å². The van der Waals surface area contributed by atoms with Crippen molar-refractivity contribution in [2.75, 3.05) is 0 Å². The minimum atomic E-state index is -1.87. The summed E-state index contributed by atoms with van der Waals surface area (Å²) in [4.78, 5) is 0. The quantitative estimate of drug-likeness (QED) is 0.787. The van der Waals surface area contributed by atoms with Gasteiger partial charge in [0.1, 0.15) is 0 Å². The lowest BCUT2D eigenvalue weighted by molar-refractivity contribution is 0.183. The number of hydrogen-bond acceptors (Lipinski definition) is 2. The topological polar surface area (TPSA) is 33.0 Å². The third-order valence-electron chi connectivity index (χ3n) is 4.20. The first-order chi connectivity index (χ1) is 9.10. The van der Waals surface area contributed by atoms with Crippen LogP contribution in [-0.4, -0.2) is 14.4 Å². The van der Waals surface area contributed by atoms with Gasteiger partial charge in [-0.1, -0.05) is 37.6 Å². The molecular weight excluding hydrogens is 250 g/mol. The zero-order valence-electron chi connectivity index (χ0n) is 12.1. The molecule has 3 atom stereocenters. The smallest absolute Gasteiger partial charge is 0.221 e. The van der Waals surface area contributed by atoms with Crippen molar-refractivity contribution >= 4 is 13.5 Å². The van der Waals surface area contributed by atoms with Gasteiger partial charge in [-0.05, 0) is 43.1 Å². The summed E-state index contributed by atoms with van der Waals surface area (Å²) in [6, 6.07) is 12.1. The van der Waals surface area contributed by atoms with Crippen molar-refractivity contribution in [2.45, 2.75) is 57.7 Å². The van der Waals surface area contributed by atoms with Gasteiger partial charge in [-0.15, -0.1) is 0 Å². The molecule has 2 nitrogen and oxygen atoms in total. The first-order valence-electron chi connectivity index (χ1n) is 7.27. The second-order valence-electron chi connectivity index (χ2n) is 5.73. The Bertz CT molecular complexity index is 482. The van der Waals surface area contributed by atoms with Gasteiger partial charge in [-0.3, -0.25) is 0 Å². The molecule has 0 bridgehead atoms. The van der Waals surface area contributed by atoms with Crippen LogP contribution >= 0.6 is 0 Å². The van der Waals surface area contributed by atoms with E-state index in [0.717, 1.165) is 6.42 Å². The Morgan fingerprint density at radius 3 is 2.84 bits per heavy atom. The summed E-state index contributed by atoms with van der Waals surface area (Å²) in [5, 5.41) is 10.7. The highest BCUT2D eigenvalue weighted by Crippen LogP contribution is 2.29. The number of rotatable bonds is 3. The second-order valence-corrected chi connectivity index (χ2v) is 9.46. The van der Waals surface area contributed by atoms with Crippen molar-refractivity contribution in [3.05, 3.63) is 29.8 Å². The standard InChI is InChI=1S/C16H23NOSi/c1-4-14(12-17)15-9-5-6-10-16(15)19(3)11-7-8-13(2)18-19/h5-6,9-10,13-14H,4,7-8,11H2,1-3H3. The van der Waals surface area contributed by atoms with E-state index in [9.17, 15) is 5.26 Å². The van der Waals surface area contributed by atoms with E-state index < -0.39 is 8.32 Å². The third kappa shape index (κ3) is 2.91. The molecular formula is C16H23NOSi. The molecule has 102 valence electrons. The van der Waals surface area contributed by atoms with Crippen LogP contribution in [0.15, 0.2) is 24.3 Å². The van der Waals surface area contributed by atoms with E-state index in [4.69, 9.17) is 4.43 Å². The highest BCUT2D eigenvalue weighted by Gasteiger charge is 2.38. The summed E-state index contributed by atoms with van der Waals surface area (Å²) in [6.07, 6.45) is 3.65. The van der Waals surface area contributed by atoms with E-state index in [0.29, 0.717) is 6.10 Å². The molecule has 1 heterocycles. The van der Waals surface area contributed by atoms with Gasteiger partial charge in [0.2, 0.25) is 8.32 Å². The van der Waals surface area contributed by atoms with Gasteiger partial charge in [0.05, 0.1) is 12.0 Å². The molecule has 0 radical (unpaired) electrons. The SMILES string of the molecule is CCC(C#N)c1ccccc1[Si]1(C)CCCC(C)O1. The third-order valence-corrected chi connectivity index (χ3v) is 8.02. The molecule has 1 fully saturated rings. The molecule has 1 aliphatic heterocycles. The Morgan fingerprint density at radius 1 is 1.47 bits per heavy atom. The Labute approximate surface area is 117 Å². The van der Waals surface area contributed by atoms with Gasteiger partial charge in [0.15, 0.2) is 0 Å². The average Bonchev–Trinajstić information content (AvgIpc) is 2.40. The maximum absolute atomic E-state index is 9.36. The van der Waals surface area contributed by atoms with E-state index in [2.05, 4.69) is 44.7 Å². The molecule has 3 heteroatoms. The summed E-state index contributed by atoms with van der Waals surface area (Å²) >= 11 is 0. The monoisotopic (exact) mass is 273 g/mol. The molecule has 0 saturated carbocycles. The van der Waals surface area contributed by atoms with E-state index in [1.54, 1.807) is 0 Å². The fourth-order valence-electron chi connectivity index (χ4n) is 3.15. The van der Waals surface area contributed by atoms with Gasteiger partial charge in [0.25, 0.3) is 0 Å². The lowest BCUT2D eigenvalue weighted by atomic mass is 9.98. The number of nitriles is 1. The predicted octanol–water partition coefficient (Wildman–Crippen LogP) is 3.68. The Balaban J connectivity index is 2.42. The van der Waals surface area contributed by atoms with Crippen LogP contribution in [0.5, 0.6) is 0 Å². The molecule has 1 aliphatic rings. The van der Waals surface area contributed by atoms with Crippen LogP contribution in [0.1, 0.15) is 44.6 Å². The Kier molecular flexibility index (Phi) is 4.44.